The lowest BCUT2D eigenvalue weighted by Gasteiger charge is -2.13. The minimum atomic E-state index is -0.450. The van der Waals surface area contributed by atoms with Gasteiger partial charge in [0.1, 0.15) is 11.4 Å². The fourth-order valence-electron chi connectivity index (χ4n) is 2.36. The summed E-state index contributed by atoms with van der Waals surface area (Å²) in [6.45, 7) is 4.71. The summed E-state index contributed by atoms with van der Waals surface area (Å²) in [5, 5.41) is 2.80. The van der Waals surface area contributed by atoms with Crippen LogP contribution >= 0.6 is 0 Å². The molecule has 0 fully saturated rings. The second kappa shape index (κ2) is 7.72. The highest BCUT2D eigenvalue weighted by Gasteiger charge is 2.13. The fourth-order valence-corrected chi connectivity index (χ4v) is 2.36. The van der Waals surface area contributed by atoms with Crippen molar-refractivity contribution in [2.24, 2.45) is 5.92 Å². The van der Waals surface area contributed by atoms with E-state index in [9.17, 15) is 14.0 Å². The Balaban J connectivity index is 2.14. The molecule has 2 rings (SSSR count). The molecule has 23 heavy (non-hydrogen) atoms. The predicted molar refractivity (Wildman–Crippen MR) is 88.9 cm³/mol. The quantitative estimate of drug-likeness (QED) is 0.858. The Morgan fingerprint density at radius 3 is 2.35 bits per heavy atom. The highest BCUT2D eigenvalue weighted by atomic mass is 19.1. The molecule has 0 saturated heterocycles. The van der Waals surface area contributed by atoms with Gasteiger partial charge in [-0.2, -0.15) is 0 Å². The first-order valence-corrected chi connectivity index (χ1v) is 7.82. The van der Waals surface area contributed by atoms with Crippen LogP contribution in [0, 0.1) is 11.7 Å². The minimum absolute atomic E-state index is 0.0850. The zero-order valence-corrected chi connectivity index (χ0v) is 13.4. The van der Waals surface area contributed by atoms with E-state index in [-0.39, 0.29) is 17.3 Å². The van der Waals surface area contributed by atoms with Gasteiger partial charge in [-0.05, 0) is 47.9 Å². The van der Waals surface area contributed by atoms with Crippen LogP contribution in [0.25, 0.3) is 11.3 Å². The smallest absolute Gasteiger partial charge is 0.261 e. The summed E-state index contributed by atoms with van der Waals surface area (Å²) in [7, 11) is 0. The molecule has 0 saturated carbocycles. The Bertz CT molecular complexity index is 719. The van der Waals surface area contributed by atoms with Crippen molar-refractivity contribution in [1.29, 1.82) is 0 Å². The van der Waals surface area contributed by atoms with E-state index in [1.165, 1.54) is 18.2 Å². The first kappa shape index (κ1) is 16.9. The molecule has 5 heteroatoms. The minimum Gasteiger partial charge on any atom is -0.352 e. The van der Waals surface area contributed by atoms with Crippen molar-refractivity contribution in [1.82, 2.24) is 10.3 Å². The van der Waals surface area contributed by atoms with Crippen LogP contribution in [0.15, 0.2) is 41.2 Å². The molecule has 1 aromatic carbocycles. The van der Waals surface area contributed by atoms with E-state index in [0.29, 0.717) is 23.7 Å². The summed E-state index contributed by atoms with van der Waals surface area (Å²) in [5.74, 6) is -0.297. The SMILES string of the molecule is CCC(CC)CNC(=O)c1ccc(-c2ccc(F)cc2)[nH]c1=O. The topological polar surface area (TPSA) is 62.0 Å². The average Bonchev–Trinajstić information content (AvgIpc) is 2.56. The van der Waals surface area contributed by atoms with Crippen LogP contribution in [0.2, 0.25) is 0 Å². The third-order valence-corrected chi connectivity index (χ3v) is 4.02. The molecule has 0 aliphatic rings. The Kier molecular flexibility index (Phi) is 5.68. The summed E-state index contributed by atoms with van der Waals surface area (Å²) >= 11 is 0. The molecular formula is C18H21FN2O2. The standard InChI is InChI=1S/C18H21FN2O2/c1-3-12(4-2)11-20-17(22)15-9-10-16(21-18(15)23)13-5-7-14(19)8-6-13/h5-10,12H,3-4,11H2,1-2H3,(H,20,22)(H,21,23). The van der Waals surface area contributed by atoms with Gasteiger partial charge in [0.2, 0.25) is 0 Å². The summed E-state index contributed by atoms with van der Waals surface area (Å²) < 4.78 is 12.9. The van der Waals surface area contributed by atoms with Crippen molar-refractivity contribution in [3.8, 4) is 11.3 Å². The van der Waals surface area contributed by atoms with E-state index in [1.807, 2.05) is 0 Å². The second-order valence-corrected chi connectivity index (χ2v) is 5.51. The molecule has 0 unspecified atom stereocenters. The number of hydrogen-bond acceptors (Lipinski definition) is 2. The highest BCUT2D eigenvalue weighted by Crippen LogP contribution is 2.16. The van der Waals surface area contributed by atoms with Crippen LogP contribution in [0.5, 0.6) is 0 Å². The molecule has 1 aromatic heterocycles. The van der Waals surface area contributed by atoms with Crippen molar-refractivity contribution >= 4 is 5.91 Å². The number of aromatic amines is 1. The fraction of sp³-hybridized carbons (Fsp3) is 0.333. The molecule has 0 aliphatic heterocycles. The highest BCUT2D eigenvalue weighted by molar-refractivity contribution is 5.94. The van der Waals surface area contributed by atoms with Gasteiger partial charge in [-0.25, -0.2) is 4.39 Å². The van der Waals surface area contributed by atoms with Crippen molar-refractivity contribution < 1.29 is 9.18 Å². The van der Waals surface area contributed by atoms with Gasteiger partial charge in [-0.15, -0.1) is 0 Å². The number of benzene rings is 1. The van der Waals surface area contributed by atoms with Gasteiger partial charge in [-0.1, -0.05) is 26.7 Å². The molecule has 2 N–H and O–H groups in total. The van der Waals surface area contributed by atoms with Gasteiger partial charge in [0, 0.05) is 12.2 Å². The molecule has 0 atom stereocenters. The van der Waals surface area contributed by atoms with Crippen LogP contribution in [-0.2, 0) is 0 Å². The van der Waals surface area contributed by atoms with Crippen LogP contribution in [0.1, 0.15) is 37.0 Å². The van der Waals surface area contributed by atoms with E-state index in [1.54, 1.807) is 18.2 Å². The van der Waals surface area contributed by atoms with Crippen LogP contribution in [0.4, 0.5) is 4.39 Å². The summed E-state index contributed by atoms with van der Waals surface area (Å²) in [6.07, 6.45) is 1.97. The van der Waals surface area contributed by atoms with Crippen molar-refractivity contribution in [3.05, 3.63) is 58.1 Å². The van der Waals surface area contributed by atoms with Crippen LogP contribution < -0.4 is 10.9 Å². The monoisotopic (exact) mass is 316 g/mol. The Morgan fingerprint density at radius 2 is 1.78 bits per heavy atom. The van der Waals surface area contributed by atoms with Crippen molar-refractivity contribution in [2.75, 3.05) is 6.54 Å². The number of rotatable bonds is 6. The molecule has 0 bridgehead atoms. The van der Waals surface area contributed by atoms with Gasteiger partial charge < -0.3 is 10.3 Å². The van der Waals surface area contributed by atoms with E-state index >= 15 is 0 Å². The van der Waals surface area contributed by atoms with E-state index in [4.69, 9.17) is 0 Å². The zero-order chi connectivity index (χ0) is 16.8. The molecule has 0 spiro atoms. The van der Waals surface area contributed by atoms with Gasteiger partial charge in [0.25, 0.3) is 11.5 Å². The second-order valence-electron chi connectivity index (χ2n) is 5.51. The number of aromatic nitrogens is 1. The first-order chi connectivity index (χ1) is 11.0. The number of H-pyrrole nitrogens is 1. The number of hydrogen-bond donors (Lipinski definition) is 2. The average molecular weight is 316 g/mol. The van der Waals surface area contributed by atoms with Gasteiger partial charge in [0.15, 0.2) is 0 Å². The van der Waals surface area contributed by atoms with Crippen LogP contribution in [-0.4, -0.2) is 17.4 Å². The number of pyridine rings is 1. The molecule has 0 radical (unpaired) electrons. The molecule has 0 aliphatic carbocycles. The number of halogens is 1. The van der Waals surface area contributed by atoms with Gasteiger partial charge in [0.05, 0.1) is 0 Å². The van der Waals surface area contributed by atoms with Gasteiger partial charge >= 0.3 is 0 Å². The maximum atomic E-state index is 12.9. The number of amides is 1. The Morgan fingerprint density at radius 1 is 1.13 bits per heavy atom. The lowest BCUT2D eigenvalue weighted by atomic mass is 10.0. The zero-order valence-electron chi connectivity index (χ0n) is 13.4. The van der Waals surface area contributed by atoms with Crippen molar-refractivity contribution in [2.45, 2.75) is 26.7 Å². The summed E-state index contributed by atoms with van der Waals surface area (Å²) in [5.41, 5.74) is 0.870. The lowest BCUT2D eigenvalue weighted by molar-refractivity contribution is 0.0945. The molecular weight excluding hydrogens is 295 g/mol. The number of nitrogens with one attached hydrogen (secondary N) is 2. The van der Waals surface area contributed by atoms with E-state index < -0.39 is 5.56 Å². The maximum absolute atomic E-state index is 12.9. The molecule has 1 amide bonds. The Hall–Kier alpha value is -2.43. The first-order valence-electron chi connectivity index (χ1n) is 7.82. The van der Waals surface area contributed by atoms with Gasteiger partial charge in [-0.3, -0.25) is 9.59 Å². The van der Waals surface area contributed by atoms with Crippen LogP contribution in [0.3, 0.4) is 0 Å². The number of carbonyl (C=O) groups excluding carboxylic acids is 1. The molecule has 122 valence electrons. The maximum Gasteiger partial charge on any atom is 0.261 e. The summed E-state index contributed by atoms with van der Waals surface area (Å²) in [4.78, 5) is 26.9. The normalized spacial score (nSPS) is 10.8. The van der Waals surface area contributed by atoms with Crippen molar-refractivity contribution in [3.63, 3.8) is 0 Å². The Labute approximate surface area is 134 Å². The third-order valence-electron chi connectivity index (χ3n) is 4.02. The molecule has 4 nitrogen and oxygen atoms in total. The van der Waals surface area contributed by atoms with E-state index in [2.05, 4.69) is 24.1 Å². The lowest BCUT2D eigenvalue weighted by Crippen LogP contribution is -2.33. The molecule has 1 heterocycles. The van der Waals surface area contributed by atoms with E-state index in [0.717, 1.165) is 12.8 Å². The largest absolute Gasteiger partial charge is 0.352 e. The predicted octanol–water partition coefficient (Wildman–Crippen LogP) is 3.35. The molecule has 2 aromatic rings. The summed E-state index contributed by atoms with van der Waals surface area (Å²) in [6, 6.07) is 8.95. The number of carbonyl (C=O) groups is 1. The third kappa shape index (κ3) is 4.28.